The van der Waals surface area contributed by atoms with Gasteiger partial charge < -0.3 is 4.90 Å². The maximum atomic E-state index is 13.9. The number of aromatic nitrogens is 5. The summed E-state index contributed by atoms with van der Waals surface area (Å²) in [7, 11) is 1.23. The first-order valence-corrected chi connectivity index (χ1v) is 11.1. The lowest BCUT2D eigenvalue weighted by atomic mass is 10.1. The van der Waals surface area contributed by atoms with Gasteiger partial charge in [-0.3, -0.25) is 9.48 Å². The Kier molecular flexibility index (Phi) is 5.76. The average molecular weight is 509 g/mol. The second kappa shape index (κ2) is 8.05. The Labute approximate surface area is 193 Å². The van der Waals surface area contributed by atoms with E-state index in [-0.39, 0.29) is 33.4 Å². The highest BCUT2D eigenvalue weighted by molar-refractivity contribution is 7.19. The molecule has 178 valence electrons. The zero-order chi connectivity index (χ0) is 24.3. The highest BCUT2D eigenvalue weighted by Crippen LogP contribution is 2.45. The van der Waals surface area contributed by atoms with Gasteiger partial charge in [-0.2, -0.15) is 27.1 Å². The molecular formula is C19H18ClF5N6OS. The molecule has 0 aromatic carbocycles. The number of carbonyl (C=O) groups excluding carboxylic acids is 1. The first kappa shape index (κ1) is 23.6. The molecule has 1 amide bonds. The van der Waals surface area contributed by atoms with E-state index in [9.17, 15) is 26.7 Å². The number of amides is 1. The fourth-order valence-corrected chi connectivity index (χ4v) is 4.81. The van der Waals surface area contributed by atoms with Gasteiger partial charge in [0.15, 0.2) is 5.82 Å². The van der Waals surface area contributed by atoms with Crippen LogP contribution in [0.1, 0.15) is 41.4 Å². The molecule has 1 aliphatic carbocycles. The van der Waals surface area contributed by atoms with Crippen molar-refractivity contribution < 1.29 is 26.7 Å². The lowest BCUT2D eigenvalue weighted by Crippen LogP contribution is -2.34. The number of hydrogen-bond acceptors (Lipinski definition) is 5. The summed E-state index contributed by atoms with van der Waals surface area (Å²) in [6.07, 6.45) is -2.54. The molecule has 0 unspecified atom stereocenters. The van der Waals surface area contributed by atoms with E-state index < -0.39 is 17.8 Å². The third-order valence-electron chi connectivity index (χ3n) is 5.37. The van der Waals surface area contributed by atoms with Crippen molar-refractivity contribution in [1.82, 2.24) is 29.7 Å². The Bertz CT molecular complexity index is 1210. The summed E-state index contributed by atoms with van der Waals surface area (Å²) in [6.45, 7) is 3.54. The van der Waals surface area contributed by atoms with Crippen LogP contribution >= 0.6 is 22.9 Å². The van der Waals surface area contributed by atoms with Gasteiger partial charge in [0.05, 0.1) is 16.6 Å². The number of rotatable bonds is 6. The van der Waals surface area contributed by atoms with E-state index in [1.165, 1.54) is 13.2 Å². The van der Waals surface area contributed by atoms with Crippen molar-refractivity contribution in [3.8, 4) is 16.4 Å². The third-order valence-corrected chi connectivity index (χ3v) is 6.75. The topological polar surface area (TPSA) is 68.8 Å². The van der Waals surface area contributed by atoms with Crippen LogP contribution in [0, 0.1) is 6.92 Å². The summed E-state index contributed by atoms with van der Waals surface area (Å²) >= 11 is 7.39. The Morgan fingerprint density at radius 2 is 1.97 bits per heavy atom. The van der Waals surface area contributed by atoms with Gasteiger partial charge in [-0.15, -0.1) is 16.4 Å². The summed E-state index contributed by atoms with van der Waals surface area (Å²) in [4.78, 5) is 15.1. The summed E-state index contributed by atoms with van der Waals surface area (Å²) in [5.74, 6) is -5.42. The largest absolute Gasteiger partial charge is 0.459 e. The van der Waals surface area contributed by atoms with Crippen LogP contribution in [0.15, 0.2) is 12.3 Å². The van der Waals surface area contributed by atoms with E-state index in [2.05, 4.69) is 15.4 Å². The number of nitrogens with zero attached hydrogens (tertiary/aromatic N) is 6. The van der Waals surface area contributed by atoms with Gasteiger partial charge >= 0.3 is 12.1 Å². The van der Waals surface area contributed by atoms with Crippen molar-refractivity contribution in [3.05, 3.63) is 33.4 Å². The molecule has 3 aromatic heterocycles. The molecule has 33 heavy (non-hydrogen) atoms. The van der Waals surface area contributed by atoms with Crippen LogP contribution < -0.4 is 0 Å². The van der Waals surface area contributed by atoms with Crippen LogP contribution in [0.3, 0.4) is 0 Å². The predicted molar refractivity (Wildman–Crippen MR) is 111 cm³/mol. The lowest BCUT2D eigenvalue weighted by Gasteiger charge is -2.19. The highest BCUT2D eigenvalue weighted by Gasteiger charge is 2.61. The first-order valence-electron chi connectivity index (χ1n) is 9.88. The zero-order valence-corrected chi connectivity index (χ0v) is 19.2. The minimum absolute atomic E-state index is 0.0995. The standard InChI is InChI=1S/C19H18ClF5N6OS/c1-4-30(10-5-6-10)17(32)11-7-13(33-15(11)20)12-8-31(28-26-12)16-9(2)14(27-29(16)3)18(21,22)19(23,24)25/h7-8,10H,4-6H2,1-3H3. The highest BCUT2D eigenvalue weighted by atomic mass is 35.5. The molecule has 0 N–H and O–H groups in total. The SMILES string of the molecule is CCN(C(=O)c1cc(-c2cn(-c3c(C)c(C(F)(F)C(F)(F)F)nn3C)nn2)sc1Cl)C1CC1. The van der Waals surface area contributed by atoms with Crippen molar-refractivity contribution in [3.63, 3.8) is 0 Å². The minimum atomic E-state index is -5.79. The minimum Gasteiger partial charge on any atom is -0.336 e. The molecule has 7 nitrogen and oxygen atoms in total. The van der Waals surface area contributed by atoms with E-state index in [4.69, 9.17) is 11.6 Å². The molecular weight excluding hydrogens is 491 g/mol. The summed E-state index contributed by atoms with van der Waals surface area (Å²) in [5, 5.41) is 11.2. The molecule has 0 atom stereocenters. The molecule has 0 saturated heterocycles. The van der Waals surface area contributed by atoms with Gasteiger partial charge in [0.25, 0.3) is 5.91 Å². The predicted octanol–water partition coefficient (Wildman–Crippen LogP) is 4.97. The maximum Gasteiger partial charge on any atom is 0.459 e. The van der Waals surface area contributed by atoms with E-state index in [1.54, 1.807) is 11.0 Å². The van der Waals surface area contributed by atoms with Gasteiger partial charge in [-0.25, -0.2) is 4.68 Å². The van der Waals surface area contributed by atoms with Gasteiger partial charge in [-0.1, -0.05) is 16.8 Å². The molecule has 4 rings (SSSR count). The fraction of sp³-hybridized carbons (Fsp3) is 0.474. The lowest BCUT2D eigenvalue weighted by molar-refractivity contribution is -0.291. The number of alkyl halides is 5. The number of hydrogen-bond donors (Lipinski definition) is 0. The molecule has 0 aliphatic heterocycles. The molecule has 1 aliphatic rings. The Morgan fingerprint density at radius 3 is 2.55 bits per heavy atom. The van der Waals surface area contributed by atoms with E-state index >= 15 is 0 Å². The van der Waals surface area contributed by atoms with Crippen LogP contribution in [0.2, 0.25) is 4.34 Å². The van der Waals surface area contributed by atoms with Crippen molar-refractivity contribution in [2.24, 2.45) is 7.05 Å². The molecule has 3 aromatic rings. The number of aryl methyl sites for hydroxylation is 1. The van der Waals surface area contributed by atoms with Gasteiger partial charge in [0.2, 0.25) is 0 Å². The van der Waals surface area contributed by atoms with Crippen LogP contribution in [0.25, 0.3) is 16.4 Å². The molecule has 1 saturated carbocycles. The molecule has 0 bridgehead atoms. The third kappa shape index (κ3) is 4.01. The molecule has 14 heteroatoms. The summed E-state index contributed by atoms with van der Waals surface area (Å²) in [6, 6.07) is 1.79. The smallest absolute Gasteiger partial charge is 0.336 e. The molecule has 0 radical (unpaired) electrons. The van der Waals surface area contributed by atoms with Crippen molar-refractivity contribution in [2.45, 2.75) is 44.8 Å². The van der Waals surface area contributed by atoms with Crippen LogP contribution in [0.4, 0.5) is 22.0 Å². The second-order valence-corrected chi connectivity index (χ2v) is 9.32. The molecule has 3 heterocycles. The monoisotopic (exact) mass is 508 g/mol. The number of halogens is 6. The molecule has 0 spiro atoms. The van der Waals surface area contributed by atoms with Gasteiger partial charge in [0, 0.05) is 25.2 Å². The number of thiophene rings is 1. The average Bonchev–Trinajstić information content (AvgIpc) is 3.16. The quantitative estimate of drug-likeness (QED) is 0.441. The Balaban J connectivity index is 1.67. The van der Waals surface area contributed by atoms with Crippen LogP contribution in [0.5, 0.6) is 0 Å². The number of carbonyl (C=O) groups is 1. The summed E-state index contributed by atoms with van der Waals surface area (Å²) in [5.41, 5.74) is -1.19. The van der Waals surface area contributed by atoms with Crippen molar-refractivity contribution in [2.75, 3.05) is 6.54 Å². The second-order valence-electron chi connectivity index (χ2n) is 7.66. The zero-order valence-electron chi connectivity index (χ0n) is 17.6. The van der Waals surface area contributed by atoms with Gasteiger partial charge in [0.1, 0.15) is 15.7 Å². The summed E-state index contributed by atoms with van der Waals surface area (Å²) < 4.78 is 68.5. The van der Waals surface area contributed by atoms with Gasteiger partial charge in [-0.05, 0) is 32.8 Å². The fourth-order valence-electron chi connectivity index (χ4n) is 3.60. The van der Waals surface area contributed by atoms with Crippen molar-refractivity contribution in [1.29, 1.82) is 0 Å². The van der Waals surface area contributed by atoms with Crippen molar-refractivity contribution >= 4 is 28.8 Å². The Morgan fingerprint density at radius 1 is 1.30 bits per heavy atom. The first-order chi connectivity index (χ1) is 15.4. The van der Waals surface area contributed by atoms with E-state index in [0.29, 0.717) is 17.0 Å². The normalized spacial score (nSPS) is 14.7. The van der Waals surface area contributed by atoms with E-state index in [0.717, 1.165) is 40.5 Å². The van der Waals surface area contributed by atoms with Crippen LogP contribution in [-0.2, 0) is 13.0 Å². The van der Waals surface area contributed by atoms with E-state index in [1.807, 2.05) is 6.92 Å². The Hall–Kier alpha value is -2.54. The maximum absolute atomic E-state index is 13.9. The van der Waals surface area contributed by atoms with Crippen LogP contribution in [-0.4, -0.2) is 54.3 Å². The molecule has 1 fully saturated rings.